The summed E-state index contributed by atoms with van der Waals surface area (Å²) in [7, 11) is 0. The number of thiazole rings is 1. The van der Waals surface area contributed by atoms with Crippen molar-refractivity contribution in [1.29, 1.82) is 0 Å². The second-order valence-corrected chi connectivity index (χ2v) is 12.2. The zero-order chi connectivity index (χ0) is 29.3. The van der Waals surface area contributed by atoms with Crippen LogP contribution in [-0.4, -0.2) is 67.8 Å². The molecule has 1 fully saturated rings. The molecule has 0 radical (unpaired) electrons. The predicted octanol–water partition coefficient (Wildman–Crippen LogP) is 5.07. The first kappa shape index (κ1) is 26.7. The number of benzene rings is 2. The molecule has 3 aromatic heterocycles. The molecule has 1 saturated heterocycles. The van der Waals surface area contributed by atoms with Gasteiger partial charge in [0.05, 0.1) is 44.9 Å². The first-order valence-electron chi connectivity index (χ1n) is 13.7. The Labute approximate surface area is 250 Å². The van der Waals surface area contributed by atoms with Crippen LogP contribution in [0.2, 0.25) is 5.02 Å². The van der Waals surface area contributed by atoms with Crippen LogP contribution in [0.4, 0.5) is 5.82 Å². The molecule has 0 spiro atoms. The number of aromatic nitrogens is 5. The van der Waals surface area contributed by atoms with E-state index in [2.05, 4.69) is 45.5 Å². The SMILES string of the molecule is C=CC(=O)N1CCN2c3nc(=O)n(-c4scnc4C(C)C)c4cc(-c5c(C)ccc6[nH]ncc56)c(Cl)c(c34)OCC2C1. The number of fused-ring (bicyclic) bond motifs is 3. The number of carbonyl (C=O) groups excluding carboxylic acids is 1. The largest absolute Gasteiger partial charge is 0.489 e. The number of hydrogen-bond donors (Lipinski definition) is 1. The molecule has 2 aromatic carbocycles. The lowest BCUT2D eigenvalue weighted by Crippen LogP contribution is -2.56. The number of anilines is 1. The maximum atomic E-state index is 14.0. The van der Waals surface area contributed by atoms with Crippen molar-refractivity contribution in [1.82, 2.24) is 29.6 Å². The van der Waals surface area contributed by atoms with E-state index < -0.39 is 5.69 Å². The summed E-state index contributed by atoms with van der Waals surface area (Å²) >= 11 is 8.66. The molecule has 214 valence electrons. The molecule has 2 aliphatic heterocycles. The number of ether oxygens (including phenoxy) is 1. The Kier molecular flexibility index (Phi) is 6.32. The monoisotopic (exact) mass is 601 g/mol. The highest BCUT2D eigenvalue weighted by atomic mass is 35.5. The molecule has 12 heteroatoms. The van der Waals surface area contributed by atoms with Crippen molar-refractivity contribution in [3.05, 3.63) is 69.3 Å². The molecular weight excluding hydrogens is 574 g/mol. The molecule has 2 aliphatic rings. The number of piperazine rings is 1. The van der Waals surface area contributed by atoms with Gasteiger partial charge in [0.1, 0.15) is 17.4 Å². The molecule has 1 atom stereocenters. The number of halogens is 1. The summed E-state index contributed by atoms with van der Waals surface area (Å²) in [5.41, 5.74) is 6.31. The van der Waals surface area contributed by atoms with Crippen LogP contribution in [0.3, 0.4) is 0 Å². The third-order valence-corrected chi connectivity index (χ3v) is 9.35. The Morgan fingerprint density at radius 2 is 2.14 bits per heavy atom. The molecule has 0 aliphatic carbocycles. The van der Waals surface area contributed by atoms with Crippen molar-refractivity contribution < 1.29 is 9.53 Å². The van der Waals surface area contributed by atoms with E-state index in [9.17, 15) is 9.59 Å². The zero-order valence-electron chi connectivity index (χ0n) is 23.3. The van der Waals surface area contributed by atoms with Crippen molar-refractivity contribution in [2.24, 2.45) is 0 Å². The number of rotatable bonds is 4. The fourth-order valence-corrected chi connectivity index (χ4v) is 7.37. The topological polar surface area (TPSA) is 109 Å². The molecule has 1 amide bonds. The second kappa shape index (κ2) is 9.95. The van der Waals surface area contributed by atoms with E-state index in [0.717, 1.165) is 33.3 Å². The van der Waals surface area contributed by atoms with Gasteiger partial charge in [-0.05, 0) is 42.2 Å². The molecule has 7 rings (SSSR count). The summed E-state index contributed by atoms with van der Waals surface area (Å²) in [6.45, 7) is 11.4. The van der Waals surface area contributed by atoms with Crippen LogP contribution in [-0.2, 0) is 4.79 Å². The van der Waals surface area contributed by atoms with Gasteiger partial charge in [-0.1, -0.05) is 38.1 Å². The highest BCUT2D eigenvalue weighted by Crippen LogP contribution is 2.48. The summed E-state index contributed by atoms with van der Waals surface area (Å²) in [4.78, 5) is 39.6. The van der Waals surface area contributed by atoms with E-state index in [1.54, 1.807) is 21.2 Å². The lowest BCUT2D eigenvalue weighted by atomic mass is 9.95. The van der Waals surface area contributed by atoms with E-state index in [4.69, 9.17) is 16.3 Å². The Bertz CT molecular complexity index is 1980. The van der Waals surface area contributed by atoms with Crippen LogP contribution in [0.5, 0.6) is 5.75 Å². The van der Waals surface area contributed by atoms with Crippen LogP contribution in [0, 0.1) is 6.92 Å². The summed E-state index contributed by atoms with van der Waals surface area (Å²) in [5, 5.41) is 10.0. The molecule has 0 saturated carbocycles. The van der Waals surface area contributed by atoms with Crippen molar-refractivity contribution in [3.63, 3.8) is 0 Å². The number of carbonyl (C=O) groups is 1. The number of aryl methyl sites for hydroxylation is 1. The summed E-state index contributed by atoms with van der Waals surface area (Å²) in [6, 6.07) is 5.74. The number of H-pyrrole nitrogens is 1. The van der Waals surface area contributed by atoms with Gasteiger partial charge < -0.3 is 14.5 Å². The van der Waals surface area contributed by atoms with E-state index in [1.165, 1.54) is 17.4 Å². The number of aromatic amines is 1. The standard InChI is InChI=1S/C30H28ClN7O3S/c1-5-22(39)36-8-9-37-17(12-36)13-41-27-24-21(38(30(40)34-28(24)37)29-26(15(2)3)32-14-42-29)10-18(25(27)31)23-16(4)6-7-20-19(23)11-33-35-20/h5-7,10-11,14-15,17H,1,8-9,12-13H2,2-4H3,(H,33,35). The molecule has 10 nitrogen and oxygen atoms in total. The second-order valence-electron chi connectivity index (χ2n) is 10.9. The molecular formula is C30H28ClN7O3S. The minimum Gasteiger partial charge on any atom is -0.489 e. The van der Waals surface area contributed by atoms with Crippen LogP contribution < -0.4 is 15.3 Å². The first-order chi connectivity index (χ1) is 20.3. The summed E-state index contributed by atoms with van der Waals surface area (Å²) < 4.78 is 8.18. The van der Waals surface area contributed by atoms with Gasteiger partial charge in [0, 0.05) is 30.6 Å². The Morgan fingerprint density at radius 3 is 2.93 bits per heavy atom. The van der Waals surface area contributed by atoms with Crippen LogP contribution in [0.25, 0.3) is 37.9 Å². The lowest BCUT2D eigenvalue weighted by Gasteiger charge is -2.40. The lowest BCUT2D eigenvalue weighted by molar-refractivity contribution is -0.126. The third-order valence-electron chi connectivity index (χ3n) is 8.15. The van der Waals surface area contributed by atoms with Crippen molar-refractivity contribution >= 4 is 56.5 Å². The van der Waals surface area contributed by atoms with E-state index in [1.807, 2.05) is 25.1 Å². The Morgan fingerprint density at radius 1 is 1.31 bits per heavy atom. The third kappa shape index (κ3) is 3.94. The van der Waals surface area contributed by atoms with Gasteiger partial charge in [0.25, 0.3) is 0 Å². The van der Waals surface area contributed by atoms with Gasteiger partial charge in [-0.3, -0.25) is 9.89 Å². The number of nitrogens with zero attached hydrogens (tertiary/aromatic N) is 6. The number of hydrogen-bond acceptors (Lipinski definition) is 8. The highest BCUT2D eigenvalue weighted by molar-refractivity contribution is 7.12. The average molecular weight is 602 g/mol. The fraction of sp³-hybridized carbons (Fsp3) is 0.300. The smallest absolute Gasteiger partial charge is 0.355 e. The molecule has 5 heterocycles. The van der Waals surface area contributed by atoms with E-state index in [-0.39, 0.29) is 24.5 Å². The van der Waals surface area contributed by atoms with Gasteiger partial charge in [-0.2, -0.15) is 10.1 Å². The average Bonchev–Trinajstić information content (AvgIpc) is 3.63. The van der Waals surface area contributed by atoms with Crippen molar-refractivity contribution in [2.75, 3.05) is 31.1 Å². The van der Waals surface area contributed by atoms with Crippen LogP contribution in [0.15, 0.2) is 47.4 Å². The van der Waals surface area contributed by atoms with E-state index in [0.29, 0.717) is 52.1 Å². The van der Waals surface area contributed by atoms with Gasteiger partial charge >= 0.3 is 5.69 Å². The normalized spacial score (nSPS) is 16.5. The van der Waals surface area contributed by atoms with Gasteiger partial charge in [-0.25, -0.2) is 14.3 Å². The summed E-state index contributed by atoms with van der Waals surface area (Å²) in [5.74, 6) is 0.928. The van der Waals surface area contributed by atoms with Gasteiger partial charge in [0.15, 0.2) is 5.75 Å². The van der Waals surface area contributed by atoms with E-state index >= 15 is 0 Å². The van der Waals surface area contributed by atoms with Crippen molar-refractivity contribution in [2.45, 2.75) is 32.7 Å². The predicted molar refractivity (Wildman–Crippen MR) is 165 cm³/mol. The molecule has 5 aromatic rings. The maximum Gasteiger partial charge on any atom is 0.355 e. The van der Waals surface area contributed by atoms with Crippen LogP contribution in [0.1, 0.15) is 31.0 Å². The highest BCUT2D eigenvalue weighted by Gasteiger charge is 2.37. The molecule has 1 unspecified atom stereocenters. The van der Waals surface area contributed by atoms with Crippen LogP contribution >= 0.6 is 22.9 Å². The molecule has 1 N–H and O–H groups in total. The fourth-order valence-electron chi connectivity index (χ4n) is 6.12. The minimum absolute atomic E-state index is 0.0906. The van der Waals surface area contributed by atoms with Gasteiger partial charge in [-0.15, -0.1) is 11.3 Å². The number of nitrogens with one attached hydrogen (secondary N) is 1. The Hall–Kier alpha value is -4.22. The minimum atomic E-state index is -0.411. The quantitative estimate of drug-likeness (QED) is 0.287. The Balaban J connectivity index is 1.55. The summed E-state index contributed by atoms with van der Waals surface area (Å²) in [6.07, 6.45) is 3.11. The first-order valence-corrected chi connectivity index (χ1v) is 15.0. The molecule has 42 heavy (non-hydrogen) atoms. The van der Waals surface area contributed by atoms with Gasteiger partial charge in [0.2, 0.25) is 5.91 Å². The maximum absolute atomic E-state index is 14.0. The number of amides is 1. The zero-order valence-corrected chi connectivity index (χ0v) is 24.9. The van der Waals surface area contributed by atoms with Crippen molar-refractivity contribution in [3.8, 4) is 21.9 Å². The molecule has 0 bridgehead atoms.